The molecule has 1 unspecified atom stereocenters. The molecular formula is C11H11ClFNOS. The molecule has 1 aromatic rings. The molecule has 0 spiro atoms. The normalized spacial score (nSPS) is 19.9. The van der Waals surface area contributed by atoms with Crippen LogP contribution in [0.5, 0.6) is 5.75 Å². The van der Waals surface area contributed by atoms with Crippen molar-refractivity contribution in [2.45, 2.75) is 12.5 Å². The lowest BCUT2D eigenvalue weighted by molar-refractivity contribution is 0.215. The number of rotatable bonds is 2. The first-order valence-corrected chi connectivity index (χ1v) is 5.80. The van der Waals surface area contributed by atoms with Crippen LogP contribution in [0.4, 0.5) is 4.39 Å². The van der Waals surface area contributed by atoms with Gasteiger partial charge in [0.1, 0.15) is 17.7 Å². The maximum atomic E-state index is 12.7. The number of halogens is 2. The number of ether oxygens (including phenoxy) is 1. The molecule has 0 aliphatic carbocycles. The summed E-state index contributed by atoms with van der Waals surface area (Å²) in [5, 5.41) is 0. The van der Waals surface area contributed by atoms with Gasteiger partial charge in [-0.3, -0.25) is 0 Å². The number of thiocarbonyl (C=S) groups is 1. The summed E-state index contributed by atoms with van der Waals surface area (Å²) in [7, 11) is 0. The minimum atomic E-state index is -0.262. The van der Waals surface area contributed by atoms with Crippen molar-refractivity contribution in [2.75, 3.05) is 13.1 Å². The highest BCUT2D eigenvalue weighted by Gasteiger charge is 2.24. The van der Waals surface area contributed by atoms with Gasteiger partial charge in [-0.15, -0.1) is 0 Å². The first kappa shape index (κ1) is 11.6. The lowest BCUT2D eigenvalue weighted by atomic mass is 10.3. The van der Waals surface area contributed by atoms with Gasteiger partial charge in [0.25, 0.3) is 0 Å². The lowest BCUT2D eigenvalue weighted by Crippen LogP contribution is -2.26. The van der Waals surface area contributed by atoms with Gasteiger partial charge < -0.3 is 9.64 Å². The van der Waals surface area contributed by atoms with Crippen molar-refractivity contribution in [3.8, 4) is 5.75 Å². The van der Waals surface area contributed by atoms with E-state index in [4.69, 9.17) is 28.6 Å². The number of hydrogen-bond donors (Lipinski definition) is 0. The van der Waals surface area contributed by atoms with Crippen molar-refractivity contribution in [1.29, 1.82) is 0 Å². The molecule has 1 aliphatic heterocycles. The Kier molecular flexibility index (Phi) is 3.61. The van der Waals surface area contributed by atoms with Gasteiger partial charge in [0.15, 0.2) is 4.45 Å². The zero-order valence-electron chi connectivity index (χ0n) is 8.53. The van der Waals surface area contributed by atoms with Crippen LogP contribution in [0.25, 0.3) is 0 Å². The van der Waals surface area contributed by atoms with E-state index >= 15 is 0 Å². The van der Waals surface area contributed by atoms with E-state index in [1.165, 1.54) is 12.1 Å². The molecule has 1 heterocycles. The molecule has 0 saturated carbocycles. The molecule has 86 valence electrons. The first-order valence-electron chi connectivity index (χ1n) is 5.02. The molecule has 0 amide bonds. The van der Waals surface area contributed by atoms with Crippen molar-refractivity contribution < 1.29 is 9.13 Å². The molecule has 5 heteroatoms. The van der Waals surface area contributed by atoms with Crippen LogP contribution in [0.1, 0.15) is 6.42 Å². The molecule has 0 aromatic heterocycles. The Labute approximate surface area is 104 Å². The van der Waals surface area contributed by atoms with Crippen molar-refractivity contribution in [2.24, 2.45) is 0 Å². The van der Waals surface area contributed by atoms with E-state index in [9.17, 15) is 4.39 Å². The standard InChI is InChI=1S/C11H11ClFNOS/c12-11(16)14-6-5-10(7-14)15-9-3-1-8(13)2-4-9/h1-4,10H,5-7H2. The average Bonchev–Trinajstić information content (AvgIpc) is 2.70. The summed E-state index contributed by atoms with van der Waals surface area (Å²) in [5.41, 5.74) is 0. The van der Waals surface area contributed by atoms with Crippen molar-refractivity contribution >= 4 is 28.3 Å². The number of nitrogens with zero attached hydrogens (tertiary/aromatic N) is 1. The van der Waals surface area contributed by atoms with Crippen LogP contribution in [-0.2, 0) is 0 Å². The molecule has 2 nitrogen and oxygen atoms in total. The molecule has 2 rings (SSSR count). The fourth-order valence-corrected chi connectivity index (χ4v) is 2.01. The van der Waals surface area contributed by atoms with E-state index < -0.39 is 0 Å². The second-order valence-corrected chi connectivity index (χ2v) is 4.65. The Morgan fingerprint density at radius 2 is 2.12 bits per heavy atom. The van der Waals surface area contributed by atoms with Gasteiger partial charge in [-0.25, -0.2) is 4.39 Å². The maximum absolute atomic E-state index is 12.7. The molecule has 1 aromatic carbocycles. The fraction of sp³-hybridized carbons (Fsp3) is 0.364. The predicted molar refractivity (Wildman–Crippen MR) is 65.5 cm³/mol. The summed E-state index contributed by atoms with van der Waals surface area (Å²) >= 11 is 10.6. The van der Waals surface area contributed by atoms with E-state index in [1.807, 2.05) is 4.90 Å². The fourth-order valence-electron chi connectivity index (χ4n) is 1.69. The van der Waals surface area contributed by atoms with E-state index in [-0.39, 0.29) is 11.9 Å². The summed E-state index contributed by atoms with van der Waals surface area (Å²) in [5.74, 6) is 0.413. The quantitative estimate of drug-likeness (QED) is 0.460. The van der Waals surface area contributed by atoms with E-state index in [0.717, 1.165) is 13.0 Å². The molecule has 1 aliphatic rings. The lowest BCUT2D eigenvalue weighted by Gasteiger charge is -2.15. The zero-order chi connectivity index (χ0) is 11.5. The molecular weight excluding hydrogens is 249 g/mol. The summed E-state index contributed by atoms with van der Waals surface area (Å²) in [6.45, 7) is 1.51. The average molecular weight is 260 g/mol. The van der Waals surface area contributed by atoms with Crippen LogP contribution < -0.4 is 4.74 Å². The SMILES string of the molecule is Fc1ccc(OC2CCN(C(=S)Cl)C2)cc1. The Morgan fingerprint density at radius 3 is 2.69 bits per heavy atom. The summed E-state index contributed by atoms with van der Waals surface area (Å²) in [6.07, 6.45) is 0.951. The zero-order valence-corrected chi connectivity index (χ0v) is 10.1. The van der Waals surface area contributed by atoms with Crippen LogP contribution in [0.15, 0.2) is 24.3 Å². The molecule has 0 radical (unpaired) electrons. The third kappa shape index (κ3) is 2.83. The third-order valence-electron chi connectivity index (χ3n) is 2.51. The topological polar surface area (TPSA) is 12.5 Å². The molecule has 0 N–H and O–H groups in total. The van der Waals surface area contributed by atoms with Crippen molar-refractivity contribution in [1.82, 2.24) is 4.90 Å². The summed E-state index contributed by atoms with van der Waals surface area (Å²) < 4.78 is 18.7. The predicted octanol–water partition coefficient (Wildman–Crippen LogP) is 2.80. The monoisotopic (exact) mass is 259 g/mol. The molecule has 1 atom stereocenters. The Bertz CT molecular complexity index is 384. The van der Waals surface area contributed by atoms with Gasteiger partial charge in [-0.1, -0.05) is 11.6 Å². The first-order chi connectivity index (χ1) is 7.65. The minimum absolute atomic E-state index is 0.0714. The van der Waals surface area contributed by atoms with Crippen molar-refractivity contribution in [3.05, 3.63) is 30.1 Å². The van der Waals surface area contributed by atoms with Crippen LogP contribution in [0, 0.1) is 5.82 Å². The van der Waals surface area contributed by atoms with Gasteiger partial charge in [0, 0.05) is 13.0 Å². The van der Waals surface area contributed by atoms with Gasteiger partial charge in [-0.2, -0.15) is 0 Å². The highest BCUT2D eigenvalue weighted by atomic mass is 35.5. The Hall–Kier alpha value is -0.870. The molecule has 1 saturated heterocycles. The Balaban J connectivity index is 1.92. The van der Waals surface area contributed by atoms with Crippen LogP contribution in [0.2, 0.25) is 0 Å². The second kappa shape index (κ2) is 4.97. The minimum Gasteiger partial charge on any atom is -0.489 e. The van der Waals surface area contributed by atoms with Gasteiger partial charge in [0.2, 0.25) is 0 Å². The summed E-state index contributed by atoms with van der Waals surface area (Å²) in [6, 6.07) is 6.01. The molecule has 16 heavy (non-hydrogen) atoms. The van der Waals surface area contributed by atoms with Crippen LogP contribution in [0.3, 0.4) is 0 Å². The summed E-state index contributed by atoms with van der Waals surface area (Å²) in [4.78, 5) is 1.89. The van der Waals surface area contributed by atoms with E-state index in [1.54, 1.807) is 12.1 Å². The maximum Gasteiger partial charge on any atom is 0.170 e. The smallest absolute Gasteiger partial charge is 0.170 e. The van der Waals surface area contributed by atoms with Crippen molar-refractivity contribution in [3.63, 3.8) is 0 Å². The van der Waals surface area contributed by atoms with Gasteiger partial charge in [0.05, 0.1) is 6.54 Å². The van der Waals surface area contributed by atoms with Crippen LogP contribution in [-0.4, -0.2) is 28.5 Å². The Morgan fingerprint density at radius 1 is 1.44 bits per heavy atom. The number of hydrogen-bond acceptors (Lipinski definition) is 2. The number of likely N-dealkylation sites (tertiary alicyclic amines) is 1. The van der Waals surface area contributed by atoms with Gasteiger partial charge >= 0.3 is 0 Å². The van der Waals surface area contributed by atoms with Crippen LogP contribution >= 0.6 is 23.8 Å². The van der Waals surface area contributed by atoms with E-state index in [2.05, 4.69) is 0 Å². The molecule has 1 fully saturated rings. The van der Waals surface area contributed by atoms with Gasteiger partial charge in [-0.05, 0) is 36.5 Å². The highest BCUT2D eigenvalue weighted by Crippen LogP contribution is 2.19. The number of benzene rings is 1. The highest BCUT2D eigenvalue weighted by molar-refractivity contribution is 7.83. The second-order valence-electron chi connectivity index (χ2n) is 3.68. The third-order valence-corrected chi connectivity index (χ3v) is 3.01. The molecule has 0 bridgehead atoms. The van der Waals surface area contributed by atoms with E-state index in [0.29, 0.717) is 16.7 Å². The largest absolute Gasteiger partial charge is 0.489 e.